The van der Waals surface area contributed by atoms with Crippen LogP contribution in [0.15, 0.2) is 33.9 Å². The van der Waals surface area contributed by atoms with Gasteiger partial charge in [-0.25, -0.2) is 9.18 Å². The van der Waals surface area contributed by atoms with Crippen LogP contribution in [0.3, 0.4) is 0 Å². The number of anilines is 1. The largest absolute Gasteiger partial charge is 0.384 e. The number of carbonyl (C=O) groups is 1. The second-order valence-electron chi connectivity index (χ2n) is 5.69. The summed E-state index contributed by atoms with van der Waals surface area (Å²) in [5.74, 6) is -0.962. The Hall–Kier alpha value is -2.74. The van der Waals surface area contributed by atoms with Gasteiger partial charge in [0.25, 0.3) is 5.56 Å². The van der Waals surface area contributed by atoms with Crippen molar-refractivity contribution in [1.29, 1.82) is 0 Å². The fraction of sp³-hybridized carbons (Fsp3) is 0.312. The van der Waals surface area contributed by atoms with Crippen molar-refractivity contribution in [2.24, 2.45) is 14.1 Å². The van der Waals surface area contributed by atoms with Gasteiger partial charge in [-0.15, -0.1) is 0 Å². The Morgan fingerprint density at radius 1 is 1.17 bits per heavy atom. The monoisotopic (exact) mass is 334 g/mol. The standard InChI is InChI=1S/C16H19FN4O3/c1-19(8-10-4-6-11(17)7-5-10)9-12(22)13-14(18)20(2)16(24)21(3)15(13)23/h4-7H,8-9,18H2,1-3H3. The third-order valence-corrected chi connectivity index (χ3v) is 3.77. The van der Waals surface area contributed by atoms with Crippen molar-refractivity contribution >= 4 is 11.6 Å². The Morgan fingerprint density at radius 2 is 1.75 bits per heavy atom. The Balaban J connectivity index is 2.22. The molecule has 2 N–H and O–H groups in total. The molecule has 0 saturated heterocycles. The van der Waals surface area contributed by atoms with E-state index in [1.807, 2.05) is 0 Å². The van der Waals surface area contributed by atoms with Gasteiger partial charge in [0.1, 0.15) is 17.2 Å². The molecule has 0 radical (unpaired) electrons. The highest BCUT2D eigenvalue weighted by atomic mass is 19.1. The molecule has 2 aromatic rings. The molecule has 1 aromatic carbocycles. The molecule has 0 aliphatic carbocycles. The van der Waals surface area contributed by atoms with E-state index in [0.717, 1.165) is 14.7 Å². The van der Waals surface area contributed by atoms with E-state index in [4.69, 9.17) is 5.73 Å². The molecule has 0 amide bonds. The third-order valence-electron chi connectivity index (χ3n) is 3.77. The number of Topliss-reactive ketones (excluding diaryl/α,β-unsaturated/α-hetero) is 1. The van der Waals surface area contributed by atoms with Crippen LogP contribution in [-0.2, 0) is 20.6 Å². The number of aromatic nitrogens is 2. The zero-order valence-corrected chi connectivity index (χ0v) is 13.7. The van der Waals surface area contributed by atoms with Crippen LogP contribution in [-0.4, -0.2) is 33.4 Å². The average Bonchev–Trinajstić information content (AvgIpc) is 2.53. The summed E-state index contributed by atoms with van der Waals surface area (Å²) >= 11 is 0. The van der Waals surface area contributed by atoms with Gasteiger partial charge in [0.05, 0.1) is 6.54 Å². The van der Waals surface area contributed by atoms with Crippen molar-refractivity contribution in [3.63, 3.8) is 0 Å². The van der Waals surface area contributed by atoms with Crippen LogP contribution in [0.1, 0.15) is 15.9 Å². The molecule has 1 aromatic heterocycles. The Morgan fingerprint density at radius 3 is 2.33 bits per heavy atom. The summed E-state index contributed by atoms with van der Waals surface area (Å²) in [4.78, 5) is 38.1. The lowest BCUT2D eigenvalue weighted by Crippen LogP contribution is -2.43. The first kappa shape index (κ1) is 17.6. The summed E-state index contributed by atoms with van der Waals surface area (Å²) < 4.78 is 14.8. The van der Waals surface area contributed by atoms with E-state index in [1.165, 1.54) is 26.2 Å². The minimum atomic E-state index is -0.712. The summed E-state index contributed by atoms with van der Waals surface area (Å²) in [7, 11) is 4.39. The number of carbonyl (C=O) groups excluding carboxylic acids is 1. The van der Waals surface area contributed by atoms with E-state index in [9.17, 15) is 18.8 Å². The van der Waals surface area contributed by atoms with Gasteiger partial charge in [0.2, 0.25) is 0 Å². The maximum atomic E-state index is 12.9. The number of halogens is 1. The number of hydrogen-bond acceptors (Lipinski definition) is 5. The maximum Gasteiger partial charge on any atom is 0.332 e. The van der Waals surface area contributed by atoms with Gasteiger partial charge in [0.15, 0.2) is 5.78 Å². The zero-order chi connectivity index (χ0) is 18.0. The van der Waals surface area contributed by atoms with E-state index in [-0.39, 0.29) is 23.7 Å². The molecule has 24 heavy (non-hydrogen) atoms. The van der Waals surface area contributed by atoms with Crippen molar-refractivity contribution < 1.29 is 9.18 Å². The normalized spacial score (nSPS) is 11.0. The first-order chi connectivity index (χ1) is 11.2. The SMILES string of the molecule is CN(CC(=O)c1c(N)n(C)c(=O)n(C)c1=O)Cc1ccc(F)cc1. The van der Waals surface area contributed by atoms with Crippen LogP contribution >= 0.6 is 0 Å². The molecule has 0 atom stereocenters. The Labute approximate surface area is 137 Å². The molecule has 7 nitrogen and oxygen atoms in total. The fourth-order valence-electron chi connectivity index (χ4n) is 2.40. The molecular formula is C16H19FN4O3. The molecule has 0 unspecified atom stereocenters. The van der Waals surface area contributed by atoms with Crippen LogP contribution in [0.2, 0.25) is 0 Å². The first-order valence-electron chi connectivity index (χ1n) is 7.24. The van der Waals surface area contributed by atoms with Gasteiger partial charge in [-0.3, -0.25) is 23.6 Å². The van der Waals surface area contributed by atoms with E-state index >= 15 is 0 Å². The molecule has 2 rings (SSSR count). The number of nitrogens with zero attached hydrogens (tertiary/aromatic N) is 3. The summed E-state index contributed by atoms with van der Waals surface area (Å²) in [6.07, 6.45) is 0. The molecule has 0 aliphatic heterocycles. The summed E-state index contributed by atoms with van der Waals surface area (Å²) in [5.41, 5.74) is 5.09. The predicted octanol–water partition coefficient (Wildman–Crippen LogP) is 0.120. The predicted molar refractivity (Wildman–Crippen MR) is 88.4 cm³/mol. The van der Waals surface area contributed by atoms with Crippen molar-refractivity contribution in [2.75, 3.05) is 19.3 Å². The second kappa shape index (κ2) is 6.79. The fourth-order valence-corrected chi connectivity index (χ4v) is 2.40. The molecule has 0 aliphatic rings. The van der Waals surface area contributed by atoms with E-state index in [0.29, 0.717) is 6.54 Å². The molecule has 0 spiro atoms. The smallest absolute Gasteiger partial charge is 0.332 e. The summed E-state index contributed by atoms with van der Waals surface area (Å²) in [6.45, 7) is 0.340. The lowest BCUT2D eigenvalue weighted by molar-refractivity contribution is 0.0941. The minimum Gasteiger partial charge on any atom is -0.384 e. The van der Waals surface area contributed by atoms with E-state index in [2.05, 4.69) is 0 Å². The van der Waals surface area contributed by atoms with E-state index < -0.39 is 17.0 Å². The van der Waals surface area contributed by atoms with Crippen molar-refractivity contribution in [3.05, 3.63) is 62.0 Å². The number of ketones is 1. The van der Waals surface area contributed by atoms with Gasteiger partial charge < -0.3 is 5.73 Å². The van der Waals surface area contributed by atoms with Crippen LogP contribution in [0.25, 0.3) is 0 Å². The Bertz CT molecular complexity index is 884. The van der Waals surface area contributed by atoms with Gasteiger partial charge in [-0.1, -0.05) is 12.1 Å². The highest BCUT2D eigenvalue weighted by molar-refractivity contribution is 6.01. The second-order valence-corrected chi connectivity index (χ2v) is 5.69. The molecule has 128 valence electrons. The Kier molecular flexibility index (Phi) is 4.99. The summed E-state index contributed by atoms with van der Waals surface area (Å²) in [5, 5.41) is 0. The zero-order valence-electron chi connectivity index (χ0n) is 13.7. The van der Waals surface area contributed by atoms with Crippen molar-refractivity contribution in [3.8, 4) is 0 Å². The molecular weight excluding hydrogens is 315 g/mol. The molecule has 8 heteroatoms. The molecule has 1 heterocycles. The van der Waals surface area contributed by atoms with Crippen LogP contribution in [0, 0.1) is 5.82 Å². The van der Waals surface area contributed by atoms with Gasteiger partial charge in [-0.2, -0.15) is 0 Å². The topological polar surface area (TPSA) is 90.3 Å². The molecule has 0 saturated carbocycles. The van der Waals surface area contributed by atoms with Gasteiger partial charge in [-0.05, 0) is 24.7 Å². The molecule has 0 bridgehead atoms. The lowest BCUT2D eigenvalue weighted by atomic mass is 10.1. The number of nitrogens with two attached hydrogens (primary N) is 1. The highest BCUT2D eigenvalue weighted by Crippen LogP contribution is 2.08. The van der Waals surface area contributed by atoms with Crippen LogP contribution in [0.5, 0.6) is 0 Å². The van der Waals surface area contributed by atoms with Gasteiger partial charge >= 0.3 is 5.69 Å². The third kappa shape index (κ3) is 3.43. The lowest BCUT2D eigenvalue weighted by Gasteiger charge is -2.17. The van der Waals surface area contributed by atoms with Gasteiger partial charge in [0, 0.05) is 20.6 Å². The van der Waals surface area contributed by atoms with Crippen molar-refractivity contribution in [1.82, 2.24) is 14.0 Å². The number of likely N-dealkylation sites (N-methyl/N-ethyl adjacent to an activating group) is 1. The maximum absolute atomic E-state index is 12.9. The average molecular weight is 334 g/mol. The first-order valence-corrected chi connectivity index (χ1v) is 7.24. The summed E-state index contributed by atoms with van der Waals surface area (Å²) in [6, 6.07) is 5.92. The van der Waals surface area contributed by atoms with Crippen LogP contribution < -0.4 is 17.0 Å². The molecule has 0 fully saturated rings. The number of benzene rings is 1. The number of nitrogen functional groups attached to an aromatic ring is 1. The number of rotatable bonds is 5. The highest BCUT2D eigenvalue weighted by Gasteiger charge is 2.21. The minimum absolute atomic E-state index is 0.0605. The van der Waals surface area contributed by atoms with Crippen molar-refractivity contribution in [2.45, 2.75) is 6.54 Å². The van der Waals surface area contributed by atoms with E-state index in [1.54, 1.807) is 24.1 Å². The quantitative estimate of drug-likeness (QED) is 0.785. The number of hydrogen-bond donors (Lipinski definition) is 1. The van der Waals surface area contributed by atoms with Crippen LogP contribution in [0.4, 0.5) is 10.2 Å².